The van der Waals surface area contributed by atoms with Gasteiger partial charge in [-0.25, -0.2) is 0 Å². The summed E-state index contributed by atoms with van der Waals surface area (Å²) >= 11 is 0. The van der Waals surface area contributed by atoms with Gasteiger partial charge in [0.2, 0.25) is 11.8 Å². The molecule has 0 aromatic heterocycles. The zero-order chi connectivity index (χ0) is 16.8. The fourth-order valence-electron chi connectivity index (χ4n) is 3.44. The van der Waals surface area contributed by atoms with Gasteiger partial charge < -0.3 is 9.80 Å². The first kappa shape index (κ1) is 17.5. The Balaban J connectivity index is 2.23. The van der Waals surface area contributed by atoms with Crippen molar-refractivity contribution in [3.63, 3.8) is 0 Å². The minimum Gasteiger partial charge on any atom is -0.343 e. The van der Waals surface area contributed by atoms with Gasteiger partial charge in [-0.05, 0) is 30.4 Å². The minimum absolute atomic E-state index is 0.0508. The molecule has 1 aliphatic rings. The molecule has 0 saturated heterocycles. The van der Waals surface area contributed by atoms with Crippen LogP contribution >= 0.6 is 0 Å². The molecule has 4 heteroatoms. The van der Waals surface area contributed by atoms with Crippen LogP contribution in [0.2, 0.25) is 0 Å². The topological polar surface area (TPSA) is 40.6 Å². The maximum Gasteiger partial charge on any atom is 0.224 e. The first-order valence-electron chi connectivity index (χ1n) is 8.71. The normalized spacial score (nSPS) is 16.8. The van der Waals surface area contributed by atoms with Crippen molar-refractivity contribution >= 4 is 11.8 Å². The smallest absolute Gasteiger partial charge is 0.224 e. The Labute approximate surface area is 139 Å². The lowest BCUT2D eigenvalue weighted by Crippen LogP contribution is -2.42. The van der Waals surface area contributed by atoms with Crippen molar-refractivity contribution in [1.29, 1.82) is 0 Å². The number of amides is 2. The van der Waals surface area contributed by atoms with Gasteiger partial charge in [0.15, 0.2) is 0 Å². The van der Waals surface area contributed by atoms with Crippen LogP contribution in [0.3, 0.4) is 0 Å². The molecule has 1 unspecified atom stereocenters. The molecule has 0 fully saturated rings. The van der Waals surface area contributed by atoms with Crippen molar-refractivity contribution in [1.82, 2.24) is 9.80 Å². The Morgan fingerprint density at radius 3 is 2.43 bits per heavy atom. The van der Waals surface area contributed by atoms with E-state index in [1.54, 1.807) is 6.92 Å². The van der Waals surface area contributed by atoms with Crippen molar-refractivity contribution in [2.45, 2.75) is 52.5 Å². The molecule has 1 atom stereocenters. The monoisotopic (exact) mass is 316 g/mol. The van der Waals surface area contributed by atoms with Crippen LogP contribution in [-0.4, -0.2) is 41.2 Å². The number of hydrogen-bond donors (Lipinski definition) is 0. The first-order chi connectivity index (χ1) is 11.1. The van der Waals surface area contributed by atoms with E-state index < -0.39 is 0 Å². The Bertz CT molecular complexity index is 550. The molecule has 126 valence electrons. The number of benzene rings is 1. The molecule has 0 saturated carbocycles. The molecule has 4 nitrogen and oxygen atoms in total. The van der Waals surface area contributed by atoms with E-state index >= 15 is 0 Å². The van der Waals surface area contributed by atoms with Crippen LogP contribution in [0.25, 0.3) is 0 Å². The number of rotatable bonds is 6. The predicted molar refractivity (Wildman–Crippen MR) is 92.1 cm³/mol. The van der Waals surface area contributed by atoms with Crippen LogP contribution < -0.4 is 0 Å². The third kappa shape index (κ3) is 4.12. The molecule has 0 bridgehead atoms. The van der Waals surface area contributed by atoms with Crippen LogP contribution in [-0.2, 0) is 16.0 Å². The van der Waals surface area contributed by atoms with Gasteiger partial charge in [0.1, 0.15) is 0 Å². The second-order valence-corrected chi connectivity index (χ2v) is 6.26. The number of hydrogen-bond acceptors (Lipinski definition) is 2. The van der Waals surface area contributed by atoms with Crippen LogP contribution in [0.1, 0.15) is 57.2 Å². The van der Waals surface area contributed by atoms with Crippen molar-refractivity contribution < 1.29 is 9.59 Å². The second-order valence-electron chi connectivity index (χ2n) is 6.26. The summed E-state index contributed by atoms with van der Waals surface area (Å²) < 4.78 is 0. The van der Waals surface area contributed by atoms with E-state index in [1.807, 2.05) is 21.9 Å². The molecule has 1 aliphatic heterocycles. The van der Waals surface area contributed by atoms with Gasteiger partial charge >= 0.3 is 0 Å². The van der Waals surface area contributed by atoms with Gasteiger partial charge in [-0.2, -0.15) is 0 Å². The quantitative estimate of drug-likeness (QED) is 0.809. The van der Waals surface area contributed by atoms with E-state index in [9.17, 15) is 9.59 Å². The molecule has 1 aromatic rings. The van der Waals surface area contributed by atoms with Crippen molar-refractivity contribution in [3.05, 3.63) is 35.4 Å². The van der Waals surface area contributed by atoms with Gasteiger partial charge in [-0.3, -0.25) is 9.59 Å². The fourth-order valence-corrected chi connectivity index (χ4v) is 3.44. The number of fused-ring (bicyclic) bond motifs is 1. The minimum atomic E-state index is -0.124. The summed E-state index contributed by atoms with van der Waals surface area (Å²) in [6.07, 6.45) is 3.18. The third-order valence-corrected chi connectivity index (χ3v) is 4.52. The SMILES string of the molecule is CCCN(CCC)C(=O)CC1c2ccccc2CCN1C(C)=O. The summed E-state index contributed by atoms with van der Waals surface area (Å²) in [6.45, 7) is 8.07. The average Bonchev–Trinajstić information content (AvgIpc) is 2.54. The van der Waals surface area contributed by atoms with E-state index in [-0.39, 0.29) is 17.9 Å². The molecular weight excluding hydrogens is 288 g/mol. The van der Waals surface area contributed by atoms with Crippen molar-refractivity contribution in [2.24, 2.45) is 0 Å². The molecule has 0 aliphatic carbocycles. The predicted octanol–water partition coefficient (Wildman–Crippen LogP) is 3.17. The van der Waals surface area contributed by atoms with Gasteiger partial charge in [-0.15, -0.1) is 0 Å². The first-order valence-corrected chi connectivity index (χ1v) is 8.71. The Kier molecular flexibility index (Phi) is 6.20. The second kappa shape index (κ2) is 8.14. The van der Waals surface area contributed by atoms with E-state index in [0.29, 0.717) is 13.0 Å². The summed E-state index contributed by atoms with van der Waals surface area (Å²) in [5.41, 5.74) is 2.40. The van der Waals surface area contributed by atoms with Crippen LogP contribution in [0.4, 0.5) is 0 Å². The largest absolute Gasteiger partial charge is 0.343 e. The summed E-state index contributed by atoms with van der Waals surface area (Å²) in [7, 11) is 0. The Morgan fingerprint density at radius 2 is 1.83 bits per heavy atom. The highest BCUT2D eigenvalue weighted by atomic mass is 16.2. The zero-order valence-corrected chi connectivity index (χ0v) is 14.5. The summed E-state index contributed by atoms with van der Waals surface area (Å²) in [5.74, 6) is 0.205. The van der Waals surface area contributed by atoms with Gasteiger partial charge in [0.25, 0.3) is 0 Å². The molecule has 0 spiro atoms. The number of carbonyl (C=O) groups is 2. The lowest BCUT2D eigenvalue weighted by Gasteiger charge is -2.37. The molecule has 23 heavy (non-hydrogen) atoms. The van der Waals surface area contributed by atoms with Crippen LogP contribution in [0, 0.1) is 0 Å². The van der Waals surface area contributed by atoms with Crippen LogP contribution in [0.15, 0.2) is 24.3 Å². The van der Waals surface area contributed by atoms with Crippen molar-refractivity contribution in [2.75, 3.05) is 19.6 Å². The van der Waals surface area contributed by atoms with E-state index in [1.165, 1.54) is 5.56 Å². The lowest BCUT2D eigenvalue weighted by molar-refractivity contribution is -0.136. The maximum atomic E-state index is 12.8. The lowest BCUT2D eigenvalue weighted by atomic mass is 9.90. The highest BCUT2D eigenvalue weighted by Gasteiger charge is 2.31. The standard InChI is InChI=1S/C19H28N2O2/c1-4-11-20(12-5-2)19(23)14-18-17-9-7-6-8-16(17)10-13-21(18)15(3)22/h6-9,18H,4-5,10-14H2,1-3H3. The highest BCUT2D eigenvalue weighted by molar-refractivity contribution is 5.79. The average molecular weight is 316 g/mol. The zero-order valence-electron chi connectivity index (χ0n) is 14.5. The molecular formula is C19H28N2O2. The maximum absolute atomic E-state index is 12.8. The number of carbonyl (C=O) groups excluding carboxylic acids is 2. The van der Waals surface area contributed by atoms with E-state index in [0.717, 1.165) is 37.9 Å². The molecule has 0 radical (unpaired) electrons. The molecule has 1 aromatic carbocycles. The molecule has 2 rings (SSSR count). The summed E-state index contributed by atoms with van der Waals surface area (Å²) in [6, 6.07) is 8.07. The van der Waals surface area contributed by atoms with Gasteiger partial charge in [0, 0.05) is 26.6 Å². The van der Waals surface area contributed by atoms with E-state index in [4.69, 9.17) is 0 Å². The van der Waals surface area contributed by atoms with Crippen molar-refractivity contribution in [3.8, 4) is 0 Å². The highest BCUT2D eigenvalue weighted by Crippen LogP contribution is 2.32. The third-order valence-electron chi connectivity index (χ3n) is 4.52. The van der Waals surface area contributed by atoms with Gasteiger partial charge in [-0.1, -0.05) is 38.1 Å². The van der Waals surface area contributed by atoms with E-state index in [2.05, 4.69) is 26.0 Å². The number of nitrogens with zero attached hydrogens (tertiary/aromatic N) is 2. The Hall–Kier alpha value is -1.84. The van der Waals surface area contributed by atoms with Crippen LogP contribution in [0.5, 0.6) is 0 Å². The molecule has 1 heterocycles. The summed E-state index contributed by atoms with van der Waals surface area (Å²) in [5, 5.41) is 0. The Morgan fingerprint density at radius 1 is 1.17 bits per heavy atom. The molecule has 2 amide bonds. The summed E-state index contributed by atoms with van der Waals surface area (Å²) in [4.78, 5) is 28.6. The molecule has 0 N–H and O–H groups in total. The fraction of sp³-hybridized carbons (Fsp3) is 0.579. The van der Waals surface area contributed by atoms with Gasteiger partial charge in [0.05, 0.1) is 12.5 Å².